The van der Waals surface area contributed by atoms with E-state index in [1.54, 1.807) is 7.11 Å². The summed E-state index contributed by atoms with van der Waals surface area (Å²) in [6, 6.07) is 0. The molecule has 0 fully saturated rings. The average Bonchev–Trinajstić information content (AvgIpc) is 2.50. The summed E-state index contributed by atoms with van der Waals surface area (Å²) in [6.45, 7) is 15.9. The van der Waals surface area contributed by atoms with Crippen LogP contribution in [0.3, 0.4) is 0 Å². The number of rotatable bonds is 11. The molecule has 0 saturated carbocycles. The van der Waals surface area contributed by atoms with Gasteiger partial charge in [-0.25, -0.2) is 0 Å². The lowest BCUT2D eigenvalue weighted by Crippen LogP contribution is -2.41. The minimum absolute atomic E-state index is 0.0284. The summed E-state index contributed by atoms with van der Waals surface area (Å²) in [4.78, 5) is 0. The number of aliphatic hydroxyl groups is 1. The third-order valence-corrected chi connectivity index (χ3v) is 9.15. The molecule has 0 aliphatic carbocycles. The predicted molar refractivity (Wildman–Crippen MR) is 103 cm³/mol. The van der Waals surface area contributed by atoms with Gasteiger partial charge in [0.1, 0.15) is 6.79 Å². The Morgan fingerprint density at radius 1 is 1.25 bits per heavy atom. The Hall–Kier alpha value is -0.423. The summed E-state index contributed by atoms with van der Waals surface area (Å²) in [5.41, 5.74) is 5.08. The lowest BCUT2D eigenvalue weighted by Gasteiger charge is -2.36. The van der Waals surface area contributed by atoms with E-state index in [0.29, 0.717) is 6.61 Å². The van der Waals surface area contributed by atoms with Gasteiger partial charge in [0.15, 0.2) is 8.32 Å². The van der Waals surface area contributed by atoms with Gasteiger partial charge in [-0.05, 0) is 37.0 Å². The second-order valence-electron chi connectivity index (χ2n) is 7.82. The van der Waals surface area contributed by atoms with Gasteiger partial charge >= 0.3 is 0 Å². The van der Waals surface area contributed by atoms with Gasteiger partial charge in [-0.15, -0.1) is 5.73 Å². The van der Waals surface area contributed by atoms with Crippen LogP contribution >= 0.6 is 0 Å². The van der Waals surface area contributed by atoms with E-state index >= 15 is 0 Å². The van der Waals surface area contributed by atoms with Crippen LogP contribution in [0.4, 0.5) is 0 Å². The molecule has 0 aromatic heterocycles. The highest BCUT2D eigenvalue weighted by Crippen LogP contribution is 2.36. The van der Waals surface area contributed by atoms with Gasteiger partial charge in [0, 0.05) is 12.7 Å². The Morgan fingerprint density at radius 3 is 2.33 bits per heavy atom. The molecule has 0 rings (SSSR count). The van der Waals surface area contributed by atoms with E-state index in [-0.39, 0.29) is 24.5 Å². The zero-order chi connectivity index (χ0) is 18.8. The van der Waals surface area contributed by atoms with Crippen molar-refractivity contribution >= 4 is 8.32 Å². The largest absolute Gasteiger partial charge is 0.412 e. The summed E-state index contributed by atoms with van der Waals surface area (Å²) < 4.78 is 17.0. The van der Waals surface area contributed by atoms with E-state index in [2.05, 4.69) is 46.5 Å². The minimum atomic E-state index is -1.84. The molecular weight excluding hydrogens is 320 g/mol. The molecule has 0 amide bonds. The normalized spacial score (nSPS) is 13.5. The number of hydrogen-bond acceptors (Lipinski definition) is 4. The van der Waals surface area contributed by atoms with Gasteiger partial charge in [-0.2, -0.15) is 0 Å². The molecule has 1 N–H and O–H groups in total. The number of aliphatic hydroxyl groups excluding tert-OH is 1. The zero-order valence-corrected chi connectivity index (χ0v) is 18.0. The Labute approximate surface area is 150 Å². The van der Waals surface area contributed by atoms with Crippen molar-refractivity contribution in [2.24, 2.45) is 0 Å². The van der Waals surface area contributed by atoms with Crippen molar-refractivity contribution in [3.05, 3.63) is 16.9 Å². The molecule has 0 spiro atoms. The molecule has 0 heterocycles. The fourth-order valence-corrected chi connectivity index (χ4v) is 2.90. The molecule has 0 aromatic rings. The summed E-state index contributed by atoms with van der Waals surface area (Å²) in [5.74, 6) is 0. The van der Waals surface area contributed by atoms with E-state index in [4.69, 9.17) is 13.9 Å². The van der Waals surface area contributed by atoms with Gasteiger partial charge in [0.2, 0.25) is 0 Å². The van der Waals surface area contributed by atoms with Crippen molar-refractivity contribution in [2.75, 3.05) is 27.1 Å². The van der Waals surface area contributed by atoms with Gasteiger partial charge in [0.25, 0.3) is 0 Å². The van der Waals surface area contributed by atoms with Crippen LogP contribution < -0.4 is 0 Å². The van der Waals surface area contributed by atoms with Gasteiger partial charge in [-0.1, -0.05) is 40.5 Å². The van der Waals surface area contributed by atoms with E-state index in [1.165, 1.54) is 0 Å². The summed E-state index contributed by atoms with van der Waals surface area (Å²) >= 11 is 0. The van der Waals surface area contributed by atoms with E-state index in [0.717, 1.165) is 30.4 Å². The molecule has 5 heteroatoms. The smallest absolute Gasteiger partial charge is 0.192 e. The van der Waals surface area contributed by atoms with Crippen LogP contribution in [-0.2, 0) is 13.9 Å². The van der Waals surface area contributed by atoms with Crippen molar-refractivity contribution < 1.29 is 19.0 Å². The van der Waals surface area contributed by atoms with Crippen molar-refractivity contribution in [3.8, 4) is 0 Å². The first-order valence-corrected chi connectivity index (χ1v) is 11.8. The summed E-state index contributed by atoms with van der Waals surface area (Å²) in [7, 11) is -0.214. The molecule has 0 bridgehead atoms. The minimum Gasteiger partial charge on any atom is -0.412 e. The van der Waals surface area contributed by atoms with Crippen LogP contribution in [0.15, 0.2) is 16.9 Å². The topological polar surface area (TPSA) is 47.9 Å². The Bertz CT molecular complexity index is 410. The van der Waals surface area contributed by atoms with E-state index in [9.17, 15) is 5.11 Å². The molecule has 4 nitrogen and oxygen atoms in total. The fourth-order valence-electron chi connectivity index (χ4n) is 1.93. The molecule has 0 saturated heterocycles. The Balaban J connectivity index is 5.15. The molecule has 142 valence electrons. The van der Waals surface area contributed by atoms with E-state index < -0.39 is 8.32 Å². The molecule has 1 atom stereocenters. The van der Waals surface area contributed by atoms with Gasteiger partial charge in [-0.3, -0.25) is 0 Å². The lowest BCUT2D eigenvalue weighted by atomic mass is 10.1. The number of hydrogen-bond donors (Lipinski definition) is 1. The third kappa shape index (κ3) is 8.61. The SMILES string of the molecule is CCCC[C@H](OCOC)C(C)=C=C(CO)CO[Si](C)(C)C(C)(C)C. The Kier molecular flexibility index (Phi) is 11.0. The molecular formula is C19H38O4Si. The summed E-state index contributed by atoms with van der Waals surface area (Å²) in [6.07, 6.45) is 3.10. The van der Waals surface area contributed by atoms with Crippen LogP contribution in [0.1, 0.15) is 53.9 Å². The molecule has 0 aliphatic rings. The predicted octanol–water partition coefficient (Wildman–Crippen LogP) is 4.65. The van der Waals surface area contributed by atoms with Gasteiger partial charge in [0.05, 0.1) is 19.3 Å². The molecule has 24 heavy (non-hydrogen) atoms. The summed E-state index contributed by atoms with van der Waals surface area (Å²) in [5, 5.41) is 9.82. The quantitative estimate of drug-likeness (QED) is 0.332. The second-order valence-corrected chi connectivity index (χ2v) is 12.6. The highest BCUT2D eigenvalue weighted by atomic mass is 28.4. The maximum absolute atomic E-state index is 9.67. The van der Waals surface area contributed by atoms with Crippen molar-refractivity contribution in [1.29, 1.82) is 0 Å². The number of ether oxygens (including phenoxy) is 2. The Morgan fingerprint density at radius 2 is 1.88 bits per heavy atom. The molecule has 0 radical (unpaired) electrons. The van der Waals surface area contributed by atoms with Crippen molar-refractivity contribution in [1.82, 2.24) is 0 Å². The lowest BCUT2D eigenvalue weighted by molar-refractivity contribution is -0.0616. The van der Waals surface area contributed by atoms with Crippen LogP contribution in [-0.4, -0.2) is 46.6 Å². The van der Waals surface area contributed by atoms with Crippen LogP contribution in [0.2, 0.25) is 18.1 Å². The zero-order valence-electron chi connectivity index (χ0n) is 17.0. The first-order valence-electron chi connectivity index (χ1n) is 8.89. The first-order chi connectivity index (χ1) is 11.1. The number of unbranched alkanes of at least 4 members (excludes halogenated alkanes) is 1. The highest BCUT2D eigenvalue weighted by Gasteiger charge is 2.37. The van der Waals surface area contributed by atoms with Gasteiger partial charge < -0.3 is 19.0 Å². The average molecular weight is 359 g/mol. The van der Waals surface area contributed by atoms with Crippen LogP contribution in [0.5, 0.6) is 0 Å². The third-order valence-electron chi connectivity index (χ3n) is 4.67. The molecule has 0 aliphatic heterocycles. The van der Waals surface area contributed by atoms with Crippen LogP contribution in [0, 0.1) is 0 Å². The van der Waals surface area contributed by atoms with Crippen molar-refractivity contribution in [3.63, 3.8) is 0 Å². The second kappa shape index (κ2) is 11.2. The maximum Gasteiger partial charge on any atom is 0.192 e. The standard InChI is InChI=1S/C19H38O4Si/c1-9-10-11-18(22-15-21-6)16(2)12-17(13-20)14-23-24(7,8)19(3,4)5/h18,20H,9-11,13-15H2,1-8H3/t12?,18-/m0/s1. The monoisotopic (exact) mass is 358 g/mol. The van der Waals surface area contributed by atoms with Crippen molar-refractivity contribution in [2.45, 2.75) is 78.1 Å². The van der Waals surface area contributed by atoms with Crippen LogP contribution in [0.25, 0.3) is 0 Å². The molecule has 0 unspecified atom stereocenters. The maximum atomic E-state index is 9.67. The van der Waals surface area contributed by atoms with E-state index in [1.807, 2.05) is 6.92 Å². The first kappa shape index (κ1) is 23.6. The highest BCUT2D eigenvalue weighted by molar-refractivity contribution is 6.74. The number of methoxy groups -OCH3 is 1. The molecule has 0 aromatic carbocycles. The fraction of sp³-hybridized carbons (Fsp3) is 0.842.